The molecule has 1 aromatic carbocycles. The average molecular weight is 481 g/mol. The van der Waals surface area contributed by atoms with Gasteiger partial charge in [-0.1, -0.05) is 19.4 Å². The molecular formula is C23H36N4O5S. The molecule has 0 aromatic heterocycles. The van der Waals surface area contributed by atoms with Crippen LogP contribution < -0.4 is 10.6 Å². The van der Waals surface area contributed by atoms with Gasteiger partial charge in [-0.2, -0.15) is 4.31 Å². The first-order valence-electron chi connectivity index (χ1n) is 11.8. The van der Waals surface area contributed by atoms with E-state index in [9.17, 15) is 18.0 Å². The number of piperidine rings is 1. The van der Waals surface area contributed by atoms with Crippen molar-refractivity contribution in [1.82, 2.24) is 14.5 Å². The highest BCUT2D eigenvalue weighted by Crippen LogP contribution is 2.22. The number of unbranched alkanes of at least 4 members (excludes halogenated alkanes) is 1. The molecule has 2 heterocycles. The lowest BCUT2D eigenvalue weighted by atomic mass is 9.95. The molecule has 184 valence electrons. The number of likely N-dealkylation sites (tertiary alicyclic amines) is 1. The molecule has 9 nitrogen and oxygen atoms in total. The molecule has 3 rings (SSSR count). The Morgan fingerprint density at radius 3 is 2.70 bits per heavy atom. The molecular weight excluding hydrogens is 444 g/mol. The van der Waals surface area contributed by atoms with Gasteiger partial charge >= 0.3 is 0 Å². The normalized spacial score (nSPS) is 21.3. The van der Waals surface area contributed by atoms with Crippen molar-refractivity contribution >= 4 is 27.5 Å². The van der Waals surface area contributed by atoms with Crippen LogP contribution in [-0.4, -0.2) is 81.4 Å². The topological polar surface area (TPSA) is 108 Å². The largest absolute Gasteiger partial charge is 0.379 e. The Bertz CT molecular complexity index is 917. The Morgan fingerprint density at radius 2 is 1.97 bits per heavy atom. The number of benzene rings is 1. The zero-order valence-electron chi connectivity index (χ0n) is 19.6. The van der Waals surface area contributed by atoms with Crippen LogP contribution in [0.1, 0.15) is 39.5 Å². The van der Waals surface area contributed by atoms with Crippen LogP contribution in [0.3, 0.4) is 0 Å². The van der Waals surface area contributed by atoms with Gasteiger partial charge in [0.1, 0.15) is 0 Å². The average Bonchev–Trinajstić information content (AvgIpc) is 2.84. The molecule has 2 saturated heterocycles. The molecule has 2 fully saturated rings. The van der Waals surface area contributed by atoms with Crippen molar-refractivity contribution < 1.29 is 22.7 Å². The van der Waals surface area contributed by atoms with Crippen LogP contribution in [-0.2, 0) is 24.3 Å². The summed E-state index contributed by atoms with van der Waals surface area (Å²) in [4.78, 5) is 27.6. The van der Waals surface area contributed by atoms with Gasteiger partial charge in [0.05, 0.1) is 30.1 Å². The second-order valence-electron chi connectivity index (χ2n) is 8.69. The minimum atomic E-state index is -3.64. The smallest absolute Gasteiger partial charge is 0.243 e. The summed E-state index contributed by atoms with van der Waals surface area (Å²) in [6.45, 7) is 7.27. The highest BCUT2D eigenvalue weighted by Gasteiger charge is 2.31. The van der Waals surface area contributed by atoms with Crippen LogP contribution in [0.4, 0.5) is 5.69 Å². The molecule has 2 amide bonds. The van der Waals surface area contributed by atoms with Crippen molar-refractivity contribution in [2.24, 2.45) is 5.92 Å². The van der Waals surface area contributed by atoms with Gasteiger partial charge in [-0.3, -0.25) is 14.5 Å². The predicted molar refractivity (Wildman–Crippen MR) is 126 cm³/mol. The standard InChI is InChI=1S/C23H36N4O5S/c1-3-4-10-24-23(29)19-7-6-11-26(17-19)18(2)22(28)25-20-8-5-9-21(16-20)33(30,31)27-12-14-32-15-13-27/h5,8-9,16,18-19H,3-4,6-7,10-15,17H2,1-2H3,(H,24,29)(H,25,28). The van der Waals surface area contributed by atoms with Crippen LogP contribution in [0.25, 0.3) is 0 Å². The summed E-state index contributed by atoms with van der Waals surface area (Å²) in [6.07, 6.45) is 3.67. The molecule has 0 spiro atoms. The lowest BCUT2D eigenvalue weighted by Crippen LogP contribution is -2.50. The van der Waals surface area contributed by atoms with E-state index in [-0.39, 0.29) is 22.6 Å². The van der Waals surface area contributed by atoms with E-state index in [2.05, 4.69) is 17.6 Å². The molecule has 0 saturated carbocycles. The molecule has 0 radical (unpaired) electrons. The van der Waals surface area contributed by atoms with Gasteiger partial charge in [0.15, 0.2) is 0 Å². The van der Waals surface area contributed by atoms with Gasteiger partial charge in [0.2, 0.25) is 21.8 Å². The first kappa shape index (κ1) is 25.6. The molecule has 2 aliphatic heterocycles. The maximum absolute atomic E-state index is 12.9. The zero-order chi connectivity index (χ0) is 23.8. The Morgan fingerprint density at radius 1 is 1.21 bits per heavy atom. The van der Waals surface area contributed by atoms with E-state index in [4.69, 9.17) is 4.74 Å². The van der Waals surface area contributed by atoms with E-state index < -0.39 is 16.1 Å². The van der Waals surface area contributed by atoms with E-state index in [1.54, 1.807) is 12.1 Å². The first-order valence-corrected chi connectivity index (χ1v) is 13.3. The fourth-order valence-electron chi connectivity index (χ4n) is 4.19. The number of hydrogen-bond acceptors (Lipinski definition) is 6. The lowest BCUT2D eigenvalue weighted by molar-refractivity contribution is -0.129. The van der Waals surface area contributed by atoms with Gasteiger partial charge in [-0.25, -0.2) is 8.42 Å². The summed E-state index contributed by atoms with van der Waals surface area (Å²) < 4.78 is 32.5. The highest BCUT2D eigenvalue weighted by atomic mass is 32.2. The molecule has 2 N–H and O–H groups in total. The van der Waals surface area contributed by atoms with E-state index in [1.165, 1.54) is 16.4 Å². The summed E-state index contributed by atoms with van der Waals surface area (Å²) in [5.74, 6) is -0.280. The number of hydrogen-bond donors (Lipinski definition) is 2. The predicted octanol–water partition coefficient (Wildman–Crippen LogP) is 1.66. The first-order chi connectivity index (χ1) is 15.8. The number of nitrogens with zero attached hydrogens (tertiary/aromatic N) is 2. The molecule has 0 aliphatic carbocycles. The third-order valence-corrected chi connectivity index (χ3v) is 8.18. The number of nitrogens with one attached hydrogen (secondary N) is 2. The van der Waals surface area contributed by atoms with Gasteiger partial charge < -0.3 is 15.4 Å². The summed E-state index contributed by atoms with van der Waals surface area (Å²) >= 11 is 0. The Balaban J connectivity index is 1.60. The second kappa shape index (κ2) is 11.9. The van der Waals surface area contributed by atoms with Crippen LogP contribution >= 0.6 is 0 Å². The van der Waals surface area contributed by atoms with Gasteiger partial charge in [-0.05, 0) is 50.9 Å². The number of rotatable bonds is 9. The molecule has 2 atom stereocenters. The number of ether oxygens (including phenoxy) is 1. The molecule has 2 unspecified atom stereocenters. The van der Waals surface area contributed by atoms with E-state index in [0.29, 0.717) is 45.1 Å². The summed E-state index contributed by atoms with van der Waals surface area (Å²) in [6, 6.07) is 5.91. The van der Waals surface area contributed by atoms with Crippen molar-refractivity contribution in [2.75, 3.05) is 51.3 Å². The monoisotopic (exact) mass is 480 g/mol. The van der Waals surface area contributed by atoms with Crippen molar-refractivity contribution in [3.05, 3.63) is 24.3 Å². The maximum atomic E-state index is 12.9. The Kier molecular flexibility index (Phi) is 9.25. The number of carbonyl (C=O) groups is 2. The maximum Gasteiger partial charge on any atom is 0.243 e. The summed E-state index contributed by atoms with van der Waals surface area (Å²) in [5.41, 5.74) is 0.437. The van der Waals surface area contributed by atoms with Crippen molar-refractivity contribution in [2.45, 2.75) is 50.5 Å². The number of sulfonamides is 1. The molecule has 1 aromatic rings. The quantitative estimate of drug-likeness (QED) is 0.521. The molecule has 0 bridgehead atoms. The Hall–Kier alpha value is -2.01. The summed E-state index contributed by atoms with van der Waals surface area (Å²) in [5, 5.41) is 5.85. The Labute approximate surface area is 196 Å². The van der Waals surface area contributed by atoms with Crippen molar-refractivity contribution in [3.8, 4) is 0 Å². The fourth-order valence-corrected chi connectivity index (χ4v) is 5.64. The minimum Gasteiger partial charge on any atom is -0.379 e. The van der Waals surface area contributed by atoms with Crippen LogP contribution in [0.2, 0.25) is 0 Å². The number of anilines is 1. The third kappa shape index (κ3) is 6.75. The van der Waals surface area contributed by atoms with E-state index in [1.807, 2.05) is 11.8 Å². The van der Waals surface area contributed by atoms with Gasteiger partial charge in [-0.15, -0.1) is 0 Å². The van der Waals surface area contributed by atoms with Crippen LogP contribution in [0.15, 0.2) is 29.2 Å². The van der Waals surface area contributed by atoms with Crippen molar-refractivity contribution in [1.29, 1.82) is 0 Å². The van der Waals surface area contributed by atoms with Crippen LogP contribution in [0.5, 0.6) is 0 Å². The minimum absolute atomic E-state index is 0.0572. The fraction of sp³-hybridized carbons (Fsp3) is 0.652. The number of amides is 2. The van der Waals surface area contributed by atoms with E-state index in [0.717, 1.165) is 32.2 Å². The lowest BCUT2D eigenvalue weighted by Gasteiger charge is -2.35. The van der Waals surface area contributed by atoms with Gasteiger partial charge in [0, 0.05) is 31.9 Å². The third-order valence-electron chi connectivity index (χ3n) is 6.29. The van der Waals surface area contributed by atoms with Crippen molar-refractivity contribution in [3.63, 3.8) is 0 Å². The molecule has 33 heavy (non-hydrogen) atoms. The number of morpholine rings is 1. The zero-order valence-corrected chi connectivity index (χ0v) is 20.4. The second-order valence-corrected chi connectivity index (χ2v) is 10.6. The SMILES string of the molecule is CCCCNC(=O)C1CCCN(C(C)C(=O)Nc2cccc(S(=O)(=O)N3CCOCC3)c2)C1. The van der Waals surface area contributed by atoms with Gasteiger partial charge in [0.25, 0.3) is 0 Å². The molecule has 2 aliphatic rings. The van der Waals surface area contributed by atoms with Crippen LogP contribution in [0, 0.1) is 5.92 Å². The summed E-state index contributed by atoms with van der Waals surface area (Å²) in [7, 11) is -3.64. The van der Waals surface area contributed by atoms with E-state index >= 15 is 0 Å². The molecule has 10 heteroatoms. The number of carbonyl (C=O) groups excluding carboxylic acids is 2. The highest BCUT2D eigenvalue weighted by molar-refractivity contribution is 7.89.